The quantitative estimate of drug-likeness (QED) is 0.138. The van der Waals surface area contributed by atoms with Crippen LogP contribution in [0.15, 0.2) is 279 Å². The van der Waals surface area contributed by atoms with Crippen LogP contribution in [0, 0.1) is 0 Å². The van der Waals surface area contributed by atoms with Crippen LogP contribution in [-0.4, -0.2) is 4.57 Å². The van der Waals surface area contributed by atoms with Gasteiger partial charge in [-0.3, -0.25) is 0 Å². The molecular formula is C70H46N2. The number of anilines is 3. The van der Waals surface area contributed by atoms with Gasteiger partial charge in [0.15, 0.2) is 0 Å². The summed E-state index contributed by atoms with van der Waals surface area (Å²) in [6.45, 7) is 0. The number of fused-ring (bicyclic) bond motifs is 9. The fraction of sp³-hybridized carbons (Fsp3) is 0. The second kappa shape index (κ2) is 17.2. The van der Waals surface area contributed by atoms with Gasteiger partial charge in [0.2, 0.25) is 0 Å². The summed E-state index contributed by atoms with van der Waals surface area (Å²) in [4.78, 5) is 2.37. The molecule has 0 bridgehead atoms. The Morgan fingerprint density at radius 1 is 0.222 bits per heavy atom. The maximum Gasteiger partial charge on any atom is 0.0541 e. The minimum Gasteiger partial charge on any atom is -0.311 e. The van der Waals surface area contributed by atoms with Crippen LogP contribution in [0.3, 0.4) is 0 Å². The molecule has 0 saturated carbocycles. The first kappa shape index (κ1) is 41.5. The third-order valence-electron chi connectivity index (χ3n) is 14.8. The molecule has 13 aromatic carbocycles. The highest BCUT2D eigenvalue weighted by Crippen LogP contribution is 2.43. The Hall–Kier alpha value is -9.50. The zero-order chi connectivity index (χ0) is 47.5. The third-order valence-corrected chi connectivity index (χ3v) is 14.8. The molecule has 0 saturated heterocycles. The highest BCUT2D eigenvalue weighted by Gasteiger charge is 2.19. The van der Waals surface area contributed by atoms with Gasteiger partial charge in [0.1, 0.15) is 0 Å². The topological polar surface area (TPSA) is 8.17 Å². The van der Waals surface area contributed by atoms with Crippen LogP contribution in [0.1, 0.15) is 0 Å². The van der Waals surface area contributed by atoms with Gasteiger partial charge in [0.25, 0.3) is 0 Å². The van der Waals surface area contributed by atoms with E-state index in [-0.39, 0.29) is 0 Å². The van der Waals surface area contributed by atoms with Crippen molar-refractivity contribution in [3.05, 3.63) is 279 Å². The molecule has 0 aliphatic heterocycles. The molecule has 0 N–H and O–H groups in total. The van der Waals surface area contributed by atoms with E-state index < -0.39 is 0 Å². The Labute approximate surface area is 418 Å². The van der Waals surface area contributed by atoms with Crippen LogP contribution in [0.4, 0.5) is 17.1 Å². The Morgan fingerprint density at radius 3 is 1.10 bits per heavy atom. The molecule has 0 fully saturated rings. The van der Waals surface area contributed by atoms with Gasteiger partial charge in [-0.1, -0.05) is 212 Å². The van der Waals surface area contributed by atoms with Crippen LogP contribution >= 0.6 is 0 Å². The van der Waals surface area contributed by atoms with Crippen molar-refractivity contribution in [3.63, 3.8) is 0 Å². The molecule has 14 aromatic rings. The summed E-state index contributed by atoms with van der Waals surface area (Å²) in [7, 11) is 0. The molecule has 1 aromatic heterocycles. The van der Waals surface area contributed by atoms with Gasteiger partial charge in [-0.05, 0) is 149 Å². The molecular weight excluding hydrogens is 869 g/mol. The predicted octanol–water partition coefficient (Wildman–Crippen LogP) is 19.5. The fourth-order valence-electron chi connectivity index (χ4n) is 11.3. The summed E-state index contributed by atoms with van der Waals surface area (Å²) >= 11 is 0. The van der Waals surface area contributed by atoms with E-state index in [1.54, 1.807) is 0 Å². The van der Waals surface area contributed by atoms with Gasteiger partial charge in [-0.15, -0.1) is 0 Å². The lowest BCUT2D eigenvalue weighted by atomic mass is 9.93. The smallest absolute Gasteiger partial charge is 0.0541 e. The van der Waals surface area contributed by atoms with Crippen LogP contribution in [0.2, 0.25) is 0 Å². The zero-order valence-electron chi connectivity index (χ0n) is 39.5. The van der Waals surface area contributed by atoms with Crippen molar-refractivity contribution in [2.45, 2.75) is 0 Å². The van der Waals surface area contributed by atoms with Crippen molar-refractivity contribution in [2.75, 3.05) is 4.90 Å². The number of aromatic nitrogens is 1. The lowest BCUT2D eigenvalue weighted by Gasteiger charge is -2.26. The Morgan fingerprint density at radius 2 is 0.583 bits per heavy atom. The molecule has 0 aliphatic carbocycles. The number of hydrogen-bond donors (Lipinski definition) is 0. The third kappa shape index (κ3) is 7.03. The summed E-state index contributed by atoms with van der Waals surface area (Å²) in [5.74, 6) is 0. The summed E-state index contributed by atoms with van der Waals surface area (Å²) in [6, 6.07) is 102. The Balaban J connectivity index is 0.845. The molecule has 0 amide bonds. The summed E-state index contributed by atoms with van der Waals surface area (Å²) < 4.78 is 2.43. The fourth-order valence-corrected chi connectivity index (χ4v) is 11.3. The van der Waals surface area contributed by atoms with E-state index >= 15 is 0 Å². The highest BCUT2D eigenvalue weighted by molar-refractivity contribution is 6.11. The van der Waals surface area contributed by atoms with E-state index in [9.17, 15) is 0 Å². The Bertz CT molecular complexity index is 4150. The molecule has 336 valence electrons. The molecule has 0 radical (unpaired) electrons. The normalized spacial score (nSPS) is 11.6. The van der Waals surface area contributed by atoms with Crippen LogP contribution in [0.25, 0.3) is 115 Å². The van der Waals surface area contributed by atoms with Gasteiger partial charge in [-0.2, -0.15) is 0 Å². The number of para-hydroxylation sites is 3. The van der Waals surface area contributed by atoms with E-state index in [1.165, 1.54) is 104 Å². The van der Waals surface area contributed by atoms with Crippen LogP contribution in [0.5, 0.6) is 0 Å². The van der Waals surface area contributed by atoms with E-state index in [1.807, 2.05) is 0 Å². The number of hydrogen-bond acceptors (Lipinski definition) is 1. The lowest BCUT2D eigenvalue weighted by Crippen LogP contribution is -2.09. The molecule has 2 nitrogen and oxygen atoms in total. The highest BCUT2D eigenvalue weighted by atomic mass is 15.1. The number of benzene rings is 13. The number of nitrogens with zero attached hydrogens (tertiary/aromatic N) is 2. The average Bonchev–Trinajstić information content (AvgIpc) is 3.79. The van der Waals surface area contributed by atoms with Crippen molar-refractivity contribution in [1.82, 2.24) is 4.57 Å². The molecule has 0 spiro atoms. The molecule has 2 heteroatoms. The van der Waals surface area contributed by atoms with E-state index in [2.05, 4.69) is 289 Å². The number of rotatable bonds is 8. The molecule has 0 aliphatic rings. The van der Waals surface area contributed by atoms with E-state index in [4.69, 9.17) is 0 Å². The standard InChI is InChI=1S/C70H46N2/c1-3-15-59-49(13-1)25-27-54-45-52(35-43-62(54)59)47-29-37-56(38-30-47)71(57-39-31-48(32-40-57)53-36-44-63-55(46-53)28-26-50-14-2-4-16-60(50)63)58-41-33-51(34-42-58)61-17-5-6-18-64(61)65-19-7-10-22-68(65)72-69-23-11-8-20-66(69)67-21-9-12-24-70(67)72/h1-46H. The first-order valence-electron chi connectivity index (χ1n) is 24.8. The minimum atomic E-state index is 1.08. The monoisotopic (exact) mass is 914 g/mol. The van der Waals surface area contributed by atoms with Gasteiger partial charge in [-0.25, -0.2) is 0 Å². The molecule has 72 heavy (non-hydrogen) atoms. The first-order valence-corrected chi connectivity index (χ1v) is 24.8. The summed E-state index contributed by atoms with van der Waals surface area (Å²) in [6.07, 6.45) is 0. The van der Waals surface area contributed by atoms with Crippen LogP contribution < -0.4 is 4.90 Å². The maximum atomic E-state index is 2.43. The second-order valence-corrected chi connectivity index (χ2v) is 18.9. The van der Waals surface area contributed by atoms with Crippen molar-refractivity contribution in [3.8, 4) is 50.2 Å². The molecule has 14 rings (SSSR count). The first-order chi connectivity index (χ1) is 35.7. The largest absolute Gasteiger partial charge is 0.311 e. The second-order valence-electron chi connectivity index (χ2n) is 18.9. The minimum absolute atomic E-state index is 1.08. The van der Waals surface area contributed by atoms with Crippen molar-refractivity contribution < 1.29 is 0 Å². The van der Waals surface area contributed by atoms with Crippen molar-refractivity contribution in [2.24, 2.45) is 0 Å². The van der Waals surface area contributed by atoms with Gasteiger partial charge in [0.05, 0.1) is 16.7 Å². The lowest BCUT2D eigenvalue weighted by molar-refractivity contribution is 1.18. The van der Waals surface area contributed by atoms with Crippen LogP contribution in [-0.2, 0) is 0 Å². The van der Waals surface area contributed by atoms with E-state index in [0.717, 1.165) is 28.3 Å². The van der Waals surface area contributed by atoms with Crippen molar-refractivity contribution in [1.29, 1.82) is 0 Å². The van der Waals surface area contributed by atoms with Gasteiger partial charge < -0.3 is 9.47 Å². The molecule has 0 atom stereocenters. The van der Waals surface area contributed by atoms with E-state index in [0.29, 0.717) is 0 Å². The van der Waals surface area contributed by atoms with Crippen molar-refractivity contribution >= 4 is 82.0 Å². The molecule has 0 unspecified atom stereocenters. The maximum absolute atomic E-state index is 2.43. The Kier molecular flexibility index (Phi) is 9.89. The SMILES string of the molecule is c1ccc(-c2ccccc2-n2c3ccccc3c3ccccc32)c(-c2ccc(N(c3ccc(-c4ccc5c(ccc6ccccc65)c4)cc3)c3ccc(-c4ccc5c(ccc6ccccc65)c4)cc3)cc2)c1. The summed E-state index contributed by atoms with van der Waals surface area (Å²) in [5.41, 5.74) is 16.3. The molecule has 1 heterocycles. The average molecular weight is 915 g/mol. The summed E-state index contributed by atoms with van der Waals surface area (Å²) in [5, 5.41) is 12.6. The predicted molar refractivity (Wildman–Crippen MR) is 307 cm³/mol. The zero-order valence-corrected chi connectivity index (χ0v) is 39.5. The van der Waals surface area contributed by atoms with Gasteiger partial charge in [0, 0.05) is 33.4 Å². The van der Waals surface area contributed by atoms with Gasteiger partial charge >= 0.3 is 0 Å².